The van der Waals surface area contributed by atoms with Gasteiger partial charge in [0.2, 0.25) is 0 Å². The third-order valence-corrected chi connectivity index (χ3v) is 9.29. The number of thiocarbonyl (C=S) groups is 1. The van der Waals surface area contributed by atoms with Crippen LogP contribution in [0.15, 0.2) is 60.2 Å². The first-order chi connectivity index (χ1) is 18.8. The van der Waals surface area contributed by atoms with Crippen LogP contribution in [0, 0.1) is 25.7 Å². The predicted octanol–water partition coefficient (Wildman–Crippen LogP) is 7.26. The smallest absolute Gasteiger partial charge is 0.193 e. The van der Waals surface area contributed by atoms with Crippen molar-refractivity contribution in [2.24, 2.45) is 11.8 Å². The Morgan fingerprint density at radius 3 is 2.49 bits per heavy atom. The number of aryl methyl sites for hydroxylation is 1. The van der Waals surface area contributed by atoms with Crippen molar-refractivity contribution in [2.75, 3.05) is 22.9 Å². The number of halogens is 1. The summed E-state index contributed by atoms with van der Waals surface area (Å²) >= 11 is 14.6. The van der Waals surface area contributed by atoms with Gasteiger partial charge in [0, 0.05) is 47.9 Å². The molecular formula is C30H33ClN6S2. The molecule has 0 amide bonds. The quantitative estimate of drug-likeness (QED) is 0.252. The van der Waals surface area contributed by atoms with Gasteiger partial charge in [-0.25, -0.2) is 4.98 Å². The van der Waals surface area contributed by atoms with E-state index >= 15 is 0 Å². The number of thiazole rings is 1. The molecule has 3 aromatic heterocycles. The SMILES string of the molecule is Cc1cc(C2C(c3ccccn3)NC(=S)N2c2ccc(N3CC(C)CC(C)C3)c(Cl)c2)c(C)n1-c1nccs1. The topological polar surface area (TPSA) is 49.2 Å². The second kappa shape index (κ2) is 10.6. The molecule has 0 radical (unpaired) electrons. The highest BCUT2D eigenvalue weighted by Crippen LogP contribution is 2.45. The first kappa shape index (κ1) is 26.3. The fourth-order valence-corrected chi connectivity index (χ4v) is 7.81. The molecule has 2 saturated heterocycles. The molecule has 2 fully saturated rings. The van der Waals surface area contributed by atoms with Crippen LogP contribution in [0.1, 0.15) is 55.0 Å². The summed E-state index contributed by atoms with van der Waals surface area (Å²) in [6, 6.07) is 14.5. The first-order valence-corrected chi connectivity index (χ1v) is 15.1. The number of rotatable bonds is 5. The Hall–Kier alpha value is -2.94. The predicted molar refractivity (Wildman–Crippen MR) is 165 cm³/mol. The molecule has 6 nitrogen and oxygen atoms in total. The second-order valence-corrected chi connectivity index (χ2v) is 12.6. The molecule has 0 aliphatic carbocycles. The Bertz CT molecular complexity index is 1470. The average Bonchev–Trinajstić information content (AvgIpc) is 3.61. The number of pyridine rings is 1. The number of nitrogens with zero attached hydrogens (tertiary/aromatic N) is 5. The Kier molecular flexibility index (Phi) is 7.12. The summed E-state index contributed by atoms with van der Waals surface area (Å²) in [4.78, 5) is 13.9. The second-order valence-electron chi connectivity index (χ2n) is 11.0. The molecule has 4 atom stereocenters. The van der Waals surface area contributed by atoms with Crippen LogP contribution in [0.25, 0.3) is 5.13 Å². The Labute approximate surface area is 244 Å². The third-order valence-electron chi connectivity index (χ3n) is 7.92. The van der Waals surface area contributed by atoms with Gasteiger partial charge in [-0.05, 0) is 86.3 Å². The summed E-state index contributed by atoms with van der Waals surface area (Å²) in [5, 5.41) is 7.98. The molecule has 39 heavy (non-hydrogen) atoms. The minimum absolute atomic E-state index is 0.107. The van der Waals surface area contributed by atoms with E-state index in [2.05, 4.69) is 82.7 Å². The zero-order valence-corrected chi connectivity index (χ0v) is 25.0. The first-order valence-electron chi connectivity index (χ1n) is 13.5. The monoisotopic (exact) mass is 576 g/mol. The molecule has 2 aliphatic rings. The maximum atomic E-state index is 7.00. The van der Waals surface area contributed by atoms with E-state index < -0.39 is 0 Å². The number of hydrogen-bond donors (Lipinski definition) is 1. The van der Waals surface area contributed by atoms with E-state index in [0.29, 0.717) is 16.9 Å². The number of hydrogen-bond acceptors (Lipinski definition) is 5. The average molecular weight is 577 g/mol. The van der Waals surface area contributed by atoms with Gasteiger partial charge in [0.25, 0.3) is 0 Å². The van der Waals surface area contributed by atoms with Gasteiger partial charge in [0.05, 0.1) is 28.5 Å². The molecule has 202 valence electrons. The lowest BCUT2D eigenvalue weighted by Crippen LogP contribution is -2.38. The van der Waals surface area contributed by atoms with E-state index in [1.165, 1.54) is 12.0 Å². The van der Waals surface area contributed by atoms with E-state index in [-0.39, 0.29) is 12.1 Å². The van der Waals surface area contributed by atoms with Crippen LogP contribution in [0.5, 0.6) is 0 Å². The third kappa shape index (κ3) is 4.83. The largest absolute Gasteiger partial charge is 0.370 e. The van der Waals surface area contributed by atoms with Crippen LogP contribution in [0.3, 0.4) is 0 Å². The lowest BCUT2D eigenvalue weighted by Gasteiger charge is -2.37. The van der Waals surface area contributed by atoms with E-state index in [1.807, 2.05) is 29.9 Å². The van der Waals surface area contributed by atoms with Crippen LogP contribution in [-0.2, 0) is 0 Å². The molecule has 0 spiro atoms. The summed E-state index contributed by atoms with van der Waals surface area (Å²) in [6.45, 7) is 11.0. The number of anilines is 2. The van der Waals surface area contributed by atoms with Crippen molar-refractivity contribution in [1.82, 2.24) is 19.9 Å². The Morgan fingerprint density at radius 2 is 1.82 bits per heavy atom. The van der Waals surface area contributed by atoms with Crippen molar-refractivity contribution in [3.05, 3.63) is 87.9 Å². The van der Waals surface area contributed by atoms with Crippen molar-refractivity contribution >= 4 is 51.6 Å². The number of piperidine rings is 1. The molecule has 5 heterocycles. The molecule has 9 heteroatoms. The Morgan fingerprint density at radius 1 is 1.03 bits per heavy atom. The molecule has 0 saturated carbocycles. The van der Waals surface area contributed by atoms with Crippen LogP contribution in [-0.4, -0.2) is 32.7 Å². The molecule has 1 N–H and O–H groups in total. The summed E-state index contributed by atoms with van der Waals surface area (Å²) < 4.78 is 2.23. The van der Waals surface area contributed by atoms with Gasteiger partial charge in [-0.2, -0.15) is 0 Å². The van der Waals surface area contributed by atoms with Crippen LogP contribution < -0.4 is 15.1 Å². The highest BCUT2D eigenvalue weighted by Gasteiger charge is 2.42. The summed E-state index contributed by atoms with van der Waals surface area (Å²) in [6.07, 6.45) is 4.95. The van der Waals surface area contributed by atoms with Gasteiger partial charge >= 0.3 is 0 Å². The highest BCUT2D eigenvalue weighted by molar-refractivity contribution is 7.80. The van der Waals surface area contributed by atoms with Gasteiger partial charge in [0.1, 0.15) is 0 Å². The van der Waals surface area contributed by atoms with E-state index in [4.69, 9.17) is 28.8 Å². The van der Waals surface area contributed by atoms with Crippen LogP contribution in [0.4, 0.5) is 11.4 Å². The van der Waals surface area contributed by atoms with Gasteiger partial charge < -0.3 is 15.1 Å². The summed E-state index contributed by atoms with van der Waals surface area (Å²) in [5.41, 5.74) is 6.48. The standard InChI is InChI=1S/C30H33ClN6S2/c1-18-13-19(2)17-35(16-18)26-9-8-22(15-24(26)31)37-28(27(34-29(37)38)25-7-5-6-10-32-25)23-14-20(3)36(21(23)4)30-33-11-12-39-30/h5-12,14-15,18-19,27-28H,13,16-17H2,1-4H3,(H,34,38). The lowest BCUT2D eigenvalue weighted by atomic mass is 9.91. The zero-order valence-electron chi connectivity index (χ0n) is 22.6. The van der Waals surface area contributed by atoms with E-state index in [0.717, 1.165) is 51.7 Å². The van der Waals surface area contributed by atoms with Gasteiger partial charge in [-0.15, -0.1) is 11.3 Å². The van der Waals surface area contributed by atoms with Crippen molar-refractivity contribution < 1.29 is 0 Å². The van der Waals surface area contributed by atoms with Gasteiger partial charge in [-0.1, -0.05) is 31.5 Å². The van der Waals surface area contributed by atoms with E-state index in [9.17, 15) is 0 Å². The lowest BCUT2D eigenvalue weighted by molar-refractivity contribution is 0.357. The normalized spacial score (nSPS) is 23.4. The molecular weight excluding hydrogens is 544 g/mol. The molecule has 1 aromatic carbocycles. The Balaban J connectivity index is 1.43. The maximum Gasteiger partial charge on any atom is 0.193 e. The van der Waals surface area contributed by atoms with Gasteiger partial charge in [0.15, 0.2) is 10.2 Å². The number of aromatic nitrogens is 3. The molecule has 4 aromatic rings. The van der Waals surface area contributed by atoms with Crippen molar-refractivity contribution in [1.29, 1.82) is 0 Å². The van der Waals surface area contributed by atoms with E-state index in [1.54, 1.807) is 11.3 Å². The number of benzene rings is 1. The minimum Gasteiger partial charge on any atom is -0.370 e. The van der Waals surface area contributed by atoms with Gasteiger partial charge in [-0.3, -0.25) is 9.55 Å². The van der Waals surface area contributed by atoms with Crippen LogP contribution >= 0.6 is 35.2 Å². The molecule has 2 aliphatic heterocycles. The van der Waals surface area contributed by atoms with Crippen molar-refractivity contribution in [2.45, 2.75) is 46.2 Å². The maximum absolute atomic E-state index is 7.00. The van der Waals surface area contributed by atoms with Crippen molar-refractivity contribution in [3.8, 4) is 5.13 Å². The molecule has 6 rings (SSSR count). The van der Waals surface area contributed by atoms with Crippen LogP contribution in [0.2, 0.25) is 5.02 Å². The summed E-state index contributed by atoms with van der Waals surface area (Å²) in [7, 11) is 0. The highest BCUT2D eigenvalue weighted by atomic mass is 35.5. The fourth-order valence-electron chi connectivity index (χ4n) is 6.42. The molecule has 0 bridgehead atoms. The zero-order chi connectivity index (χ0) is 27.3. The fraction of sp³-hybridized carbons (Fsp3) is 0.367. The molecule has 4 unspecified atom stereocenters. The van der Waals surface area contributed by atoms with Crippen molar-refractivity contribution in [3.63, 3.8) is 0 Å². The number of nitrogens with one attached hydrogen (secondary N) is 1. The summed E-state index contributed by atoms with van der Waals surface area (Å²) in [5.74, 6) is 1.30. The minimum atomic E-state index is -0.119.